The van der Waals surface area contributed by atoms with Crippen LogP contribution in [-0.2, 0) is 4.79 Å². The molecule has 2 aromatic carbocycles. The Balaban J connectivity index is 1.91. The fraction of sp³-hybridized carbons (Fsp3) is 0.400. The van der Waals surface area contributed by atoms with E-state index in [1.165, 1.54) is 0 Å². The van der Waals surface area contributed by atoms with Crippen LogP contribution in [0.3, 0.4) is 0 Å². The highest BCUT2D eigenvalue weighted by Crippen LogP contribution is 2.14. The Kier molecular flexibility index (Phi) is 9.73. The van der Waals surface area contributed by atoms with Crippen LogP contribution in [0.25, 0.3) is 0 Å². The summed E-state index contributed by atoms with van der Waals surface area (Å²) in [5.41, 5.74) is 2.45. The smallest absolute Gasteiger partial charge is 0.253 e. The highest BCUT2D eigenvalue weighted by molar-refractivity contribution is 5.97. The molecule has 2 rings (SSSR count). The lowest BCUT2D eigenvalue weighted by Crippen LogP contribution is -2.32. The van der Waals surface area contributed by atoms with E-state index in [1.807, 2.05) is 18.7 Å². The largest absolute Gasteiger partial charge is 0.376 e. The van der Waals surface area contributed by atoms with Gasteiger partial charge < -0.3 is 20.9 Å². The first-order valence-electron chi connectivity index (χ1n) is 11.2. The summed E-state index contributed by atoms with van der Waals surface area (Å²) in [5.74, 6) is -0.367. The second kappa shape index (κ2) is 12.5. The van der Waals surface area contributed by atoms with Gasteiger partial charge >= 0.3 is 0 Å². The zero-order chi connectivity index (χ0) is 23.5. The number of nitrogens with one attached hydrogen (secondary N) is 3. The van der Waals surface area contributed by atoms with Gasteiger partial charge in [-0.15, -0.1) is 0 Å². The van der Waals surface area contributed by atoms with Crippen LogP contribution in [0.4, 0.5) is 11.4 Å². The number of benzene rings is 2. The van der Waals surface area contributed by atoms with Gasteiger partial charge in [-0.05, 0) is 69.2 Å². The molecule has 0 saturated heterocycles. The van der Waals surface area contributed by atoms with E-state index in [2.05, 4.69) is 29.8 Å². The lowest BCUT2D eigenvalue weighted by Gasteiger charge is -2.21. The molecule has 0 radical (unpaired) electrons. The standard InChI is InChI=1S/C25H34N4O3/c1-5-14-29(15-6-2)25(32)19-10-12-21(13-11-19)28-23(30)17-26-22-9-7-8-20(16-22)24(31)27-18(3)4/h7-13,16,18,26H,5-6,14-15,17H2,1-4H3,(H,27,31)(H,28,30). The summed E-state index contributed by atoms with van der Waals surface area (Å²) in [7, 11) is 0. The third kappa shape index (κ3) is 7.72. The fourth-order valence-corrected chi connectivity index (χ4v) is 3.24. The minimum atomic E-state index is -0.222. The second-order valence-electron chi connectivity index (χ2n) is 7.98. The molecule has 0 saturated carbocycles. The number of amides is 3. The van der Waals surface area contributed by atoms with Gasteiger partial charge in [-0.25, -0.2) is 0 Å². The monoisotopic (exact) mass is 438 g/mol. The molecule has 3 amide bonds. The molecule has 2 aromatic rings. The Morgan fingerprint density at radius 1 is 0.875 bits per heavy atom. The van der Waals surface area contributed by atoms with Gasteiger partial charge in [0, 0.05) is 41.6 Å². The molecule has 172 valence electrons. The molecule has 0 atom stereocenters. The van der Waals surface area contributed by atoms with Gasteiger partial charge in [-0.2, -0.15) is 0 Å². The first-order valence-corrected chi connectivity index (χ1v) is 11.2. The Morgan fingerprint density at radius 3 is 2.12 bits per heavy atom. The third-order valence-corrected chi connectivity index (χ3v) is 4.69. The van der Waals surface area contributed by atoms with E-state index in [4.69, 9.17) is 0 Å². The molecule has 32 heavy (non-hydrogen) atoms. The van der Waals surface area contributed by atoms with E-state index in [1.54, 1.807) is 48.5 Å². The summed E-state index contributed by atoms with van der Waals surface area (Å²) in [6.45, 7) is 9.43. The summed E-state index contributed by atoms with van der Waals surface area (Å²) >= 11 is 0. The Labute approximate surface area is 190 Å². The van der Waals surface area contributed by atoms with E-state index >= 15 is 0 Å². The molecular weight excluding hydrogens is 404 g/mol. The lowest BCUT2D eigenvalue weighted by molar-refractivity contribution is -0.114. The summed E-state index contributed by atoms with van der Waals surface area (Å²) in [5, 5.41) is 8.69. The fourth-order valence-electron chi connectivity index (χ4n) is 3.24. The van der Waals surface area contributed by atoms with Crippen LogP contribution in [0.15, 0.2) is 48.5 Å². The zero-order valence-electron chi connectivity index (χ0n) is 19.4. The number of hydrogen-bond donors (Lipinski definition) is 3. The molecule has 0 fully saturated rings. The van der Waals surface area contributed by atoms with Gasteiger partial charge in [0.15, 0.2) is 0 Å². The van der Waals surface area contributed by atoms with Gasteiger partial charge in [0.2, 0.25) is 5.91 Å². The second-order valence-corrected chi connectivity index (χ2v) is 7.98. The minimum Gasteiger partial charge on any atom is -0.376 e. The molecule has 0 aliphatic heterocycles. The van der Waals surface area contributed by atoms with Gasteiger partial charge in [0.1, 0.15) is 0 Å². The molecule has 7 nitrogen and oxygen atoms in total. The molecule has 0 aliphatic carbocycles. The van der Waals surface area contributed by atoms with Crippen LogP contribution in [0.2, 0.25) is 0 Å². The van der Waals surface area contributed by atoms with Crippen molar-refractivity contribution in [3.8, 4) is 0 Å². The van der Waals surface area contributed by atoms with Gasteiger partial charge in [-0.3, -0.25) is 14.4 Å². The average molecular weight is 439 g/mol. The van der Waals surface area contributed by atoms with E-state index in [-0.39, 0.29) is 30.3 Å². The van der Waals surface area contributed by atoms with E-state index in [9.17, 15) is 14.4 Å². The third-order valence-electron chi connectivity index (χ3n) is 4.69. The maximum atomic E-state index is 12.7. The number of rotatable bonds is 11. The molecule has 0 aliphatic rings. The summed E-state index contributed by atoms with van der Waals surface area (Å²) in [6, 6.07) is 14.0. The highest BCUT2D eigenvalue weighted by atomic mass is 16.2. The maximum Gasteiger partial charge on any atom is 0.253 e. The van der Waals surface area contributed by atoms with Crippen LogP contribution in [0, 0.1) is 0 Å². The molecule has 0 heterocycles. The molecule has 7 heteroatoms. The van der Waals surface area contributed by atoms with Crippen molar-refractivity contribution in [2.45, 2.75) is 46.6 Å². The molecule has 0 spiro atoms. The molecule has 3 N–H and O–H groups in total. The van der Waals surface area contributed by atoms with E-state index in [0.717, 1.165) is 25.9 Å². The quantitative estimate of drug-likeness (QED) is 0.492. The van der Waals surface area contributed by atoms with Crippen molar-refractivity contribution in [3.05, 3.63) is 59.7 Å². The number of hydrogen-bond acceptors (Lipinski definition) is 4. The van der Waals surface area contributed by atoms with Crippen molar-refractivity contribution >= 4 is 29.1 Å². The number of nitrogens with zero attached hydrogens (tertiary/aromatic N) is 1. The van der Waals surface area contributed by atoms with E-state index < -0.39 is 0 Å². The van der Waals surface area contributed by atoms with Crippen molar-refractivity contribution < 1.29 is 14.4 Å². The molecule has 0 unspecified atom stereocenters. The van der Waals surface area contributed by atoms with E-state index in [0.29, 0.717) is 22.5 Å². The van der Waals surface area contributed by atoms with Crippen molar-refractivity contribution in [3.63, 3.8) is 0 Å². The first-order chi connectivity index (χ1) is 15.3. The van der Waals surface area contributed by atoms with Crippen molar-refractivity contribution in [1.29, 1.82) is 0 Å². The van der Waals surface area contributed by atoms with Crippen LogP contribution >= 0.6 is 0 Å². The minimum absolute atomic E-state index is 0.00892. The lowest BCUT2D eigenvalue weighted by atomic mass is 10.1. The number of carbonyl (C=O) groups excluding carboxylic acids is 3. The average Bonchev–Trinajstić information content (AvgIpc) is 2.77. The predicted octanol–water partition coefficient (Wildman–Crippen LogP) is 4.14. The van der Waals surface area contributed by atoms with Crippen molar-refractivity contribution in [1.82, 2.24) is 10.2 Å². The Bertz CT molecular complexity index is 904. The highest BCUT2D eigenvalue weighted by Gasteiger charge is 2.14. The van der Waals surface area contributed by atoms with Crippen LogP contribution in [0.5, 0.6) is 0 Å². The zero-order valence-corrected chi connectivity index (χ0v) is 19.4. The number of carbonyl (C=O) groups is 3. The maximum absolute atomic E-state index is 12.7. The van der Waals surface area contributed by atoms with Crippen LogP contribution < -0.4 is 16.0 Å². The molecule has 0 bridgehead atoms. The topological polar surface area (TPSA) is 90.5 Å². The predicted molar refractivity (Wildman–Crippen MR) is 129 cm³/mol. The van der Waals surface area contributed by atoms with Gasteiger partial charge in [0.05, 0.1) is 6.54 Å². The van der Waals surface area contributed by atoms with Crippen LogP contribution in [0.1, 0.15) is 61.3 Å². The Morgan fingerprint density at radius 2 is 1.53 bits per heavy atom. The summed E-state index contributed by atoms with van der Waals surface area (Å²) < 4.78 is 0. The summed E-state index contributed by atoms with van der Waals surface area (Å²) in [4.78, 5) is 39.0. The van der Waals surface area contributed by atoms with Crippen molar-refractivity contribution in [2.75, 3.05) is 30.3 Å². The molecular formula is C25H34N4O3. The SMILES string of the molecule is CCCN(CCC)C(=O)c1ccc(NC(=O)CNc2cccc(C(=O)NC(C)C)c2)cc1. The summed E-state index contributed by atoms with van der Waals surface area (Å²) in [6.07, 6.45) is 1.83. The normalized spacial score (nSPS) is 10.5. The van der Waals surface area contributed by atoms with Crippen molar-refractivity contribution in [2.24, 2.45) is 0 Å². The van der Waals surface area contributed by atoms with Crippen LogP contribution in [-0.4, -0.2) is 48.3 Å². The first kappa shape index (κ1) is 24.9. The van der Waals surface area contributed by atoms with Gasteiger partial charge in [0.25, 0.3) is 11.8 Å². The number of anilines is 2. The van der Waals surface area contributed by atoms with Gasteiger partial charge in [-0.1, -0.05) is 19.9 Å². The molecule has 0 aromatic heterocycles. The Hall–Kier alpha value is -3.35.